The predicted octanol–water partition coefficient (Wildman–Crippen LogP) is 5.83. The van der Waals surface area contributed by atoms with Crippen molar-refractivity contribution in [3.8, 4) is 23.2 Å². The third-order valence-corrected chi connectivity index (χ3v) is 11.4. The van der Waals surface area contributed by atoms with Gasteiger partial charge in [0.2, 0.25) is 5.91 Å². The van der Waals surface area contributed by atoms with Crippen molar-refractivity contribution in [2.24, 2.45) is 5.41 Å². The zero-order valence-corrected chi connectivity index (χ0v) is 28.6. The smallest absolute Gasteiger partial charge is 0.319 e. The van der Waals surface area contributed by atoms with Crippen molar-refractivity contribution in [1.82, 2.24) is 19.8 Å². The van der Waals surface area contributed by atoms with Gasteiger partial charge in [0.05, 0.1) is 15.3 Å². The van der Waals surface area contributed by atoms with Crippen LogP contribution in [0.4, 0.5) is 19.6 Å². The molecule has 2 atom stereocenters. The van der Waals surface area contributed by atoms with Crippen molar-refractivity contribution in [1.29, 1.82) is 5.26 Å². The summed E-state index contributed by atoms with van der Waals surface area (Å²) in [6.45, 7) is 5.46. The number of rotatable bonds is 7. The van der Waals surface area contributed by atoms with Gasteiger partial charge in [-0.2, -0.15) is 15.2 Å². The predicted molar refractivity (Wildman–Crippen MR) is 182 cm³/mol. The highest BCUT2D eigenvalue weighted by atomic mass is 35.5. The van der Waals surface area contributed by atoms with Gasteiger partial charge in [0.25, 0.3) is 0 Å². The molecule has 48 heavy (non-hydrogen) atoms. The number of anilines is 2. The summed E-state index contributed by atoms with van der Waals surface area (Å²) in [5.41, 5.74) is 6.26. The number of likely N-dealkylation sites (N-methyl/N-ethyl adjacent to an activating group) is 1. The van der Waals surface area contributed by atoms with Gasteiger partial charge in [0, 0.05) is 61.1 Å². The van der Waals surface area contributed by atoms with Crippen LogP contribution in [0.3, 0.4) is 0 Å². The second kappa shape index (κ2) is 12.6. The number of nitrogen functional groups attached to an aromatic ring is 1. The molecule has 3 aliphatic rings. The number of methoxy groups -OCH3 is 1. The van der Waals surface area contributed by atoms with E-state index in [0.717, 1.165) is 43.6 Å². The normalized spacial score (nSPS) is 20.0. The average Bonchev–Trinajstić information content (AvgIpc) is 3.63. The number of nitrogens with two attached hydrogens (primary N) is 1. The first-order valence-electron chi connectivity index (χ1n) is 16.0. The van der Waals surface area contributed by atoms with Crippen LogP contribution in [0.25, 0.3) is 32.1 Å². The number of nitriles is 1. The van der Waals surface area contributed by atoms with Crippen LogP contribution < -0.4 is 15.4 Å². The first kappa shape index (κ1) is 32.7. The number of carbonyl (C=O) groups excluding carboxylic acids is 1. The van der Waals surface area contributed by atoms with Gasteiger partial charge >= 0.3 is 6.01 Å². The molecule has 2 aromatic heterocycles. The van der Waals surface area contributed by atoms with Gasteiger partial charge in [0.1, 0.15) is 40.9 Å². The molecule has 3 aliphatic heterocycles. The van der Waals surface area contributed by atoms with E-state index in [-0.39, 0.29) is 78.4 Å². The summed E-state index contributed by atoms with van der Waals surface area (Å²) in [4.78, 5) is 28.1. The van der Waals surface area contributed by atoms with Gasteiger partial charge in [-0.15, -0.1) is 11.3 Å². The lowest BCUT2D eigenvalue weighted by molar-refractivity contribution is -0.148. The van der Waals surface area contributed by atoms with Gasteiger partial charge in [0.15, 0.2) is 5.82 Å². The Morgan fingerprint density at radius 1 is 1.25 bits per heavy atom. The number of aromatic nitrogens is 2. The molecule has 2 N–H and O–H groups in total. The van der Waals surface area contributed by atoms with Crippen LogP contribution >= 0.6 is 22.9 Å². The Kier molecular flexibility index (Phi) is 8.56. The van der Waals surface area contributed by atoms with Gasteiger partial charge < -0.3 is 25.0 Å². The second-order valence-corrected chi connectivity index (χ2v) is 14.7. The highest BCUT2D eigenvalue weighted by Crippen LogP contribution is 2.47. The van der Waals surface area contributed by atoms with Crippen LogP contribution in [0.15, 0.2) is 18.2 Å². The zero-order valence-electron chi connectivity index (χ0n) is 27.0. The Morgan fingerprint density at radius 3 is 2.75 bits per heavy atom. The van der Waals surface area contributed by atoms with E-state index >= 15 is 4.39 Å². The number of ether oxygens (including phenoxy) is 2. The van der Waals surface area contributed by atoms with Gasteiger partial charge in [-0.25, -0.2) is 8.78 Å². The number of halogens is 3. The molecule has 3 saturated heterocycles. The van der Waals surface area contributed by atoms with Gasteiger partial charge in [-0.05, 0) is 63.9 Å². The van der Waals surface area contributed by atoms with Crippen LogP contribution in [-0.2, 0) is 9.53 Å². The summed E-state index contributed by atoms with van der Waals surface area (Å²) in [5.74, 6) is -0.841. The molecule has 0 saturated carbocycles. The number of piperidine rings is 1. The molecule has 5 heterocycles. The molecule has 1 unspecified atom stereocenters. The highest BCUT2D eigenvalue weighted by molar-refractivity contribution is 7.23. The van der Waals surface area contributed by atoms with E-state index in [1.807, 2.05) is 13.0 Å². The fraction of sp³-hybridized carbons (Fsp3) is 0.471. The molecule has 2 aromatic carbocycles. The van der Waals surface area contributed by atoms with Gasteiger partial charge in [-0.3, -0.25) is 9.69 Å². The maximum atomic E-state index is 17.0. The molecular formula is C34H36ClF2N7O3S. The Bertz CT molecular complexity index is 1980. The third-order valence-electron chi connectivity index (χ3n) is 10.1. The minimum Gasteiger partial charge on any atom is -0.459 e. The number of benzene rings is 2. The largest absolute Gasteiger partial charge is 0.459 e. The molecule has 1 spiro atoms. The number of hydrogen-bond acceptors (Lipinski definition) is 10. The molecule has 0 radical (unpaired) electrons. The number of thiophene rings is 1. The molecule has 1 amide bonds. The van der Waals surface area contributed by atoms with E-state index in [1.165, 1.54) is 19.2 Å². The fourth-order valence-electron chi connectivity index (χ4n) is 7.78. The molecular weight excluding hydrogens is 660 g/mol. The molecule has 0 bridgehead atoms. The average molecular weight is 696 g/mol. The number of nitrogens with zero attached hydrogens (tertiary/aromatic N) is 6. The molecule has 10 nitrogen and oxygen atoms in total. The Hall–Kier alpha value is -3.83. The fourth-order valence-corrected chi connectivity index (χ4v) is 9.03. The van der Waals surface area contributed by atoms with Crippen LogP contribution in [0.2, 0.25) is 5.02 Å². The Labute approximate surface area is 286 Å². The Morgan fingerprint density at radius 2 is 2.04 bits per heavy atom. The molecule has 3 fully saturated rings. The number of carbonyl (C=O) groups is 1. The van der Waals surface area contributed by atoms with Crippen LogP contribution in [0.5, 0.6) is 6.01 Å². The lowest BCUT2D eigenvalue weighted by Gasteiger charge is -2.54. The molecule has 14 heteroatoms. The number of amides is 1. The maximum Gasteiger partial charge on any atom is 0.319 e. The van der Waals surface area contributed by atoms with Crippen molar-refractivity contribution in [3.05, 3.63) is 40.4 Å². The minimum absolute atomic E-state index is 0.00527. The van der Waals surface area contributed by atoms with Gasteiger partial charge in [-0.1, -0.05) is 17.7 Å². The van der Waals surface area contributed by atoms with E-state index in [9.17, 15) is 14.4 Å². The molecule has 252 valence electrons. The quantitative estimate of drug-likeness (QED) is 0.255. The first-order valence-corrected chi connectivity index (χ1v) is 17.2. The molecule has 0 aliphatic carbocycles. The topological polar surface area (TPSA) is 121 Å². The third kappa shape index (κ3) is 5.48. The number of fused-ring (bicyclic) bond motifs is 2. The van der Waals surface area contributed by atoms with E-state index in [2.05, 4.69) is 21.8 Å². The number of likely N-dealkylation sites (tertiary alicyclic amines) is 2. The zero-order chi connectivity index (χ0) is 33.9. The lowest BCUT2D eigenvalue weighted by atomic mass is 9.73. The maximum absolute atomic E-state index is 17.0. The minimum atomic E-state index is -0.732. The van der Waals surface area contributed by atoms with Crippen LogP contribution in [0.1, 0.15) is 38.2 Å². The highest BCUT2D eigenvalue weighted by Gasteiger charge is 2.48. The summed E-state index contributed by atoms with van der Waals surface area (Å²) in [6.07, 6.45) is 3.56. The SMILES string of the molecule is COCC(=O)N1CC2(CCCN(c3nc(O[C@@H](C)C4CCCN4C)nc4c(F)c(-c5ccc(F)c6sc(N)c(C#N)c56)c(Cl)cc34)C2)C1. The summed E-state index contributed by atoms with van der Waals surface area (Å²) >= 11 is 7.83. The van der Waals surface area contributed by atoms with Crippen molar-refractivity contribution in [3.63, 3.8) is 0 Å². The van der Waals surface area contributed by atoms with E-state index in [4.69, 9.17) is 31.8 Å². The number of hydrogen-bond donors (Lipinski definition) is 1. The summed E-state index contributed by atoms with van der Waals surface area (Å²) in [6, 6.07) is 6.52. The van der Waals surface area contributed by atoms with E-state index in [0.29, 0.717) is 37.4 Å². The van der Waals surface area contributed by atoms with Crippen molar-refractivity contribution < 1.29 is 23.0 Å². The first-order chi connectivity index (χ1) is 23.0. The summed E-state index contributed by atoms with van der Waals surface area (Å²) in [7, 11) is 3.56. The monoisotopic (exact) mass is 695 g/mol. The van der Waals surface area contributed by atoms with E-state index < -0.39 is 11.6 Å². The Balaban J connectivity index is 1.35. The molecule has 7 rings (SSSR count). The second-order valence-electron chi connectivity index (χ2n) is 13.2. The van der Waals surface area contributed by atoms with Crippen LogP contribution in [0, 0.1) is 28.4 Å². The van der Waals surface area contributed by atoms with Crippen molar-refractivity contribution in [2.45, 2.75) is 44.8 Å². The van der Waals surface area contributed by atoms with Crippen molar-refractivity contribution in [2.75, 3.05) is 64.1 Å². The summed E-state index contributed by atoms with van der Waals surface area (Å²) < 4.78 is 43.5. The summed E-state index contributed by atoms with van der Waals surface area (Å²) in [5, 5.41) is 10.7. The van der Waals surface area contributed by atoms with Crippen molar-refractivity contribution >= 4 is 60.7 Å². The standard InChI is InChI=1S/C34H36ClF2N7O3S/c1-18(24-6-4-10-42(24)2)47-33-40-29-20(32(41-33)43-11-5-9-34(15-43)16-44(17-34)25(45)14-46-3)12-22(35)27(28(29)37)19-7-8-23(36)30-26(19)21(13-38)31(39)48-30/h7-8,12,18,24H,4-6,9-11,14-17,39H2,1-3H3/t18-,24?/m0/s1. The lowest BCUT2D eigenvalue weighted by Crippen LogP contribution is -2.65. The van der Waals surface area contributed by atoms with E-state index in [1.54, 1.807) is 11.0 Å². The van der Waals surface area contributed by atoms with Crippen LogP contribution in [-0.4, -0.2) is 91.3 Å². The molecule has 4 aromatic rings.